The molecule has 0 unspecified atom stereocenters. The minimum Gasteiger partial charge on any atom is -0.439 e. The van der Waals surface area contributed by atoms with Crippen LogP contribution in [0.2, 0.25) is 18.1 Å². The average molecular weight is 490 g/mol. The van der Waals surface area contributed by atoms with Crippen LogP contribution < -0.4 is 9.64 Å². The molecule has 0 N–H and O–H groups in total. The SMILES string of the molecule is [C-]#[N+]c1ccc(Oc2ccc(Br)c(C=O)c2)nc1N(C)CCO[Si](C)(C)C(C)(C)C. The number of carbonyl (C=O) groups excluding carboxylic acids is 1. The highest BCUT2D eigenvalue weighted by molar-refractivity contribution is 9.10. The van der Waals surface area contributed by atoms with Crippen LogP contribution in [0.4, 0.5) is 11.5 Å². The Bertz CT molecular complexity index is 952. The number of hydrogen-bond acceptors (Lipinski definition) is 5. The maximum Gasteiger partial charge on any atom is 0.228 e. The highest BCUT2D eigenvalue weighted by Gasteiger charge is 2.37. The standard InChI is InChI=1S/C22H28BrN3O3Si/c1-22(2,3)30(6,7)28-13-12-26(5)21-19(24-4)10-11-20(25-21)29-17-8-9-18(23)16(14-17)15-27/h8-11,14-15H,12-13H2,1-3,5-7H3. The van der Waals surface area contributed by atoms with Gasteiger partial charge in [-0.3, -0.25) is 4.79 Å². The molecule has 2 aromatic rings. The molecule has 6 nitrogen and oxygen atoms in total. The number of halogens is 1. The van der Waals surface area contributed by atoms with Gasteiger partial charge in [-0.2, -0.15) is 0 Å². The summed E-state index contributed by atoms with van der Waals surface area (Å²) in [7, 11) is 0.0540. The third-order valence-corrected chi connectivity index (χ3v) is 10.6. The van der Waals surface area contributed by atoms with Gasteiger partial charge in [0, 0.05) is 23.6 Å². The molecule has 0 bridgehead atoms. The van der Waals surface area contributed by atoms with Crippen molar-refractivity contribution in [2.45, 2.75) is 38.9 Å². The summed E-state index contributed by atoms with van der Waals surface area (Å²) in [5.41, 5.74) is 0.937. The highest BCUT2D eigenvalue weighted by atomic mass is 79.9. The van der Waals surface area contributed by atoms with E-state index in [-0.39, 0.29) is 5.04 Å². The Labute approximate surface area is 188 Å². The number of ether oxygens (including phenoxy) is 1. The van der Waals surface area contributed by atoms with Crippen molar-refractivity contribution in [1.29, 1.82) is 0 Å². The number of nitrogens with zero attached hydrogens (tertiary/aromatic N) is 3. The number of hydrogen-bond donors (Lipinski definition) is 0. The van der Waals surface area contributed by atoms with Gasteiger partial charge in [0.2, 0.25) is 11.6 Å². The summed E-state index contributed by atoms with van der Waals surface area (Å²) in [5, 5.41) is 0.143. The summed E-state index contributed by atoms with van der Waals surface area (Å²) in [4.78, 5) is 21.2. The summed E-state index contributed by atoms with van der Waals surface area (Å²) < 4.78 is 12.8. The monoisotopic (exact) mass is 489 g/mol. The van der Waals surface area contributed by atoms with E-state index < -0.39 is 8.32 Å². The molecule has 0 saturated heterocycles. The summed E-state index contributed by atoms with van der Waals surface area (Å²) in [6.07, 6.45) is 0.758. The van der Waals surface area contributed by atoms with Crippen molar-refractivity contribution in [3.8, 4) is 11.6 Å². The lowest BCUT2D eigenvalue weighted by Gasteiger charge is -2.36. The molecule has 1 aromatic heterocycles. The Morgan fingerprint density at radius 1 is 1.27 bits per heavy atom. The normalized spacial score (nSPS) is 11.7. The predicted octanol–water partition coefficient (Wildman–Crippen LogP) is 6.46. The molecule has 0 aliphatic carbocycles. The smallest absolute Gasteiger partial charge is 0.228 e. The molecule has 0 saturated carbocycles. The summed E-state index contributed by atoms with van der Waals surface area (Å²) in [6.45, 7) is 19.7. The van der Waals surface area contributed by atoms with Crippen molar-refractivity contribution in [3.63, 3.8) is 0 Å². The van der Waals surface area contributed by atoms with E-state index in [0.717, 1.165) is 6.29 Å². The fourth-order valence-electron chi connectivity index (χ4n) is 2.41. The zero-order valence-corrected chi connectivity index (χ0v) is 20.9. The van der Waals surface area contributed by atoms with E-state index in [4.69, 9.17) is 15.7 Å². The molecule has 0 spiro atoms. The average Bonchev–Trinajstić information content (AvgIpc) is 2.68. The molecule has 160 valence electrons. The van der Waals surface area contributed by atoms with Crippen LogP contribution in [0.5, 0.6) is 11.6 Å². The molecule has 8 heteroatoms. The first-order valence-corrected chi connectivity index (χ1v) is 13.3. The fraction of sp³-hybridized carbons (Fsp3) is 0.409. The molecule has 0 amide bonds. The zero-order valence-electron chi connectivity index (χ0n) is 18.3. The van der Waals surface area contributed by atoms with Crippen LogP contribution in [0, 0.1) is 6.57 Å². The number of benzene rings is 1. The van der Waals surface area contributed by atoms with Crippen LogP contribution in [0.15, 0.2) is 34.8 Å². The number of likely N-dealkylation sites (N-methyl/N-ethyl adjacent to an activating group) is 1. The highest BCUT2D eigenvalue weighted by Crippen LogP contribution is 2.36. The van der Waals surface area contributed by atoms with Crippen molar-refractivity contribution >= 4 is 42.0 Å². The molecule has 0 radical (unpaired) electrons. The van der Waals surface area contributed by atoms with Gasteiger partial charge in [0.15, 0.2) is 14.6 Å². The lowest BCUT2D eigenvalue weighted by atomic mass is 10.2. The van der Waals surface area contributed by atoms with Gasteiger partial charge in [0.05, 0.1) is 13.2 Å². The number of aromatic nitrogens is 1. The number of pyridine rings is 1. The topological polar surface area (TPSA) is 56.0 Å². The minimum absolute atomic E-state index is 0.143. The molecule has 2 rings (SSSR count). The lowest BCUT2D eigenvalue weighted by Crippen LogP contribution is -2.42. The van der Waals surface area contributed by atoms with Crippen LogP contribution in [-0.4, -0.2) is 39.8 Å². The maximum absolute atomic E-state index is 11.1. The Morgan fingerprint density at radius 2 is 1.97 bits per heavy atom. The van der Waals surface area contributed by atoms with Crippen molar-refractivity contribution in [1.82, 2.24) is 4.98 Å². The van der Waals surface area contributed by atoms with Crippen LogP contribution in [0.1, 0.15) is 31.1 Å². The molecule has 0 aliphatic rings. The molecule has 0 aliphatic heterocycles. The Kier molecular flexibility index (Phi) is 7.80. The molecule has 0 fully saturated rings. The Hall–Kier alpha value is -2.21. The number of carbonyl (C=O) groups is 1. The van der Waals surface area contributed by atoms with Gasteiger partial charge in [-0.25, -0.2) is 9.83 Å². The van der Waals surface area contributed by atoms with Gasteiger partial charge in [-0.1, -0.05) is 36.7 Å². The van der Waals surface area contributed by atoms with Crippen LogP contribution >= 0.6 is 15.9 Å². The third-order valence-electron chi connectivity index (χ3n) is 5.32. The second kappa shape index (κ2) is 9.73. The van der Waals surface area contributed by atoms with E-state index in [1.54, 1.807) is 30.3 Å². The first kappa shape index (κ1) is 24.1. The number of anilines is 1. The van der Waals surface area contributed by atoms with E-state index in [1.165, 1.54) is 0 Å². The van der Waals surface area contributed by atoms with E-state index in [2.05, 4.69) is 59.6 Å². The van der Waals surface area contributed by atoms with Crippen molar-refractivity contribution in [2.24, 2.45) is 0 Å². The van der Waals surface area contributed by atoms with E-state index in [1.807, 2.05) is 11.9 Å². The zero-order chi connectivity index (χ0) is 22.5. The number of aldehydes is 1. The maximum atomic E-state index is 11.1. The van der Waals surface area contributed by atoms with Crippen LogP contribution in [-0.2, 0) is 4.43 Å². The molecular formula is C22H28BrN3O3Si. The molecular weight excluding hydrogens is 462 g/mol. The summed E-state index contributed by atoms with van der Waals surface area (Å²) in [6, 6.07) is 8.47. The van der Waals surface area contributed by atoms with Crippen LogP contribution in [0.3, 0.4) is 0 Å². The third kappa shape index (κ3) is 5.91. The van der Waals surface area contributed by atoms with Crippen molar-refractivity contribution in [3.05, 3.63) is 51.8 Å². The van der Waals surface area contributed by atoms with Crippen LogP contribution in [0.25, 0.3) is 4.85 Å². The van der Waals surface area contributed by atoms with Gasteiger partial charge >= 0.3 is 0 Å². The second-order valence-electron chi connectivity index (χ2n) is 8.54. The molecule has 30 heavy (non-hydrogen) atoms. The lowest BCUT2D eigenvalue weighted by molar-refractivity contribution is 0.112. The first-order chi connectivity index (χ1) is 14.0. The van der Waals surface area contributed by atoms with Crippen molar-refractivity contribution in [2.75, 3.05) is 25.1 Å². The van der Waals surface area contributed by atoms with E-state index in [0.29, 0.717) is 46.3 Å². The van der Waals surface area contributed by atoms with Gasteiger partial charge in [-0.15, -0.1) is 0 Å². The van der Waals surface area contributed by atoms with E-state index >= 15 is 0 Å². The molecule has 1 heterocycles. The summed E-state index contributed by atoms with van der Waals surface area (Å²) in [5.74, 6) is 1.39. The van der Waals surface area contributed by atoms with Gasteiger partial charge in [0.25, 0.3) is 0 Å². The largest absolute Gasteiger partial charge is 0.439 e. The van der Waals surface area contributed by atoms with E-state index in [9.17, 15) is 4.79 Å². The Balaban J connectivity index is 2.16. The quantitative estimate of drug-likeness (QED) is 0.242. The fourth-order valence-corrected chi connectivity index (χ4v) is 3.78. The molecule has 0 atom stereocenters. The Morgan fingerprint density at radius 3 is 2.57 bits per heavy atom. The van der Waals surface area contributed by atoms with Gasteiger partial charge < -0.3 is 14.1 Å². The first-order valence-electron chi connectivity index (χ1n) is 9.64. The number of rotatable bonds is 8. The van der Waals surface area contributed by atoms with Crippen molar-refractivity contribution < 1.29 is 14.0 Å². The molecule has 1 aromatic carbocycles. The summed E-state index contributed by atoms with van der Waals surface area (Å²) >= 11 is 3.32. The van der Waals surface area contributed by atoms with Gasteiger partial charge in [-0.05, 0) is 48.5 Å². The second-order valence-corrected chi connectivity index (χ2v) is 14.2. The predicted molar refractivity (Wildman–Crippen MR) is 127 cm³/mol. The minimum atomic E-state index is -1.83. The van der Waals surface area contributed by atoms with Gasteiger partial charge in [0.1, 0.15) is 11.6 Å².